The van der Waals surface area contributed by atoms with Crippen LogP contribution < -0.4 is 26.4 Å². The zero-order valence-corrected chi connectivity index (χ0v) is 39.8. The van der Waals surface area contributed by atoms with E-state index < -0.39 is 41.4 Å². The standard InChI is InChI=1S/C49H54Cl2FN9O8/c1-28-26-59(47(66)30-14-16-31(17-15-30)55-45(64)37-25-39(44(53)58-57-37)69-24-22-32-34(50)18-19-35(52)43(32)51)27-29(2)60(28)41(63)13-8-6-4-3-5-7-9-23-54-36-12-10-11-33-42(36)49(68)61(48(33)67)38-20-21-40(62)56-46(38)65/h10-12,14-19,25,28-29,38,54H,3-9,13,20-24,26-27H2,1-2H3,(H2,53,58)(H,55,64)(H,56,62,65)/t28-,29+,38-/m1/s1. The summed E-state index contributed by atoms with van der Waals surface area (Å²) in [7, 11) is 0. The molecule has 0 bridgehead atoms. The van der Waals surface area contributed by atoms with Crippen molar-refractivity contribution in [3.8, 4) is 5.75 Å². The third-order valence-corrected chi connectivity index (χ3v) is 13.3. The molecule has 0 saturated carbocycles. The lowest BCUT2D eigenvalue weighted by molar-refractivity contribution is -0.139. The normalized spacial score (nSPS) is 18.0. The first-order valence-electron chi connectivity index (χ1n) is 23.1. The molecule has 2 saturated heterocycles. The fraction of sp³-hybridized carbons (Fsp3) is 0.408. The van der Waals surface area contributed by atoms with E-state index in [0.717, 1.165) is 49.8 Å². The summed E-state index contributed by atoms with van der Waals surface area (Å²) in [4.78, 5) is 95.1. The van der Waals surface area contributed by atoms with Crippen molar-refractivity contribution in [2.75, 3.05) is 42.6 Å². The van der Waals surface area contributed by atoms with Gasteiger partial charge in [-0.1, -0.05) is 61.4 Å². The highest BCUT2D eigenvalue weighted by molar-refractivity contribution is 6.36. The number of piperazine rings is 1. The Morgan fingerprint density at radius 3 is 2.29 bits per heavy atom. The first-order valence-corrected chi connectivity index (χ1v) is 23.9. The molecule has 4 aromatic rings. The first-order chi connectivity index (χ1) is 33.1. The van der Waals surface area contributed by atoms with Gasteiger partial charge >= 0.3 is 0 Å². The summed E-state index contributed by atoms with van der Waals surface area (Å²) in [6.45, 7) is 5.28. The molecule has 0 aliphatic carbocycles. The van der Waals surface area contributed by atoms with Gasteiger partial charge in [0.2, 0.25) is 17.7 Å². The molecule has 69 heavy (non-hydrogen) atoms. The molecule has 0 unspecified atom stereocenters. The number of rotatable bonds is 19. The second kappa shape index (κ2) is 22.6. The van der Waals surface area contributed by atoms with Gasteiger partial charge in [-0.15, -0.1) is 10.2 Å². The molecule has 0 radical (unpaired) electrons. The van der Waals surface area contributed by atoms with Crippen LogP contribution in [0.15, 0.2) is 60.7 Å². The number of carbonyl (C=O) groups is 7. The van der Waals surface area contributed by atoms with Crippen molar-refractivity contribution in [3.63, 3.8) is 0 Å². The van der Waals surface area contributed by atoms with E-state index in [1.807, 2.05) is 18.7 Å². The Hall–Kier alpha value is -6.66. The number of unbranched alkanes of at least 4 members (excludes halogenated alkanes) is 6. The SMILES string of the molecule is C[C@@H]1CN(C(=O)c2ccc(NC(=O)c3cc(OCCc4c(Cl)ccc(F)c4Cl)c(N)nn3)cc2)C[C@H](C)N1C(=O)CCCCCCCCCNc1cccc2c1C(=O)N([C@@H]1CCC(=O)NC1=O)C2=O. The monoisotopic (exact) mass is 985 g/mol. The zero-order valence-electron chi connectivity index (χ0n) is 38.3. The molecule has 1 aromatic heterocycles. The van der Waals surface area contributed by atoms with E-state index in [1.54, 1.807) is 47.4 Å². The first kappa shape index (κ1) is 50.2. The summed E-state index contributed by atoms with van der Waals surface area (Å²) in [5, 5.41) is 16.1. The van der Waals surface area contributed by atoms with E-state index in [2.05, 4.69) is 26.1 Å². The molecule has 4 heterocycles. The Bertz CT molecular complexity index is 2620. The van der Waals surface area contributed by atoms with Crippen LogP contribution >= 0.6 is 23.2 Å². The van der Waals surface area contributed by atoms with Crippen LogP contribution in [0.2, 0.25) is 10.0 Å². The van der Waals surface area contributed by atoms with E-state index in [0.29, 0.717) is 48.6 Å². The summed E-state index contributed by atoms with van der Waals surface area (Å²) < 4.78 is 19.6. The number of carbonyl (C=O) groups excluding carboxylic acids is 7. The van der Waals surface area contributed by atoms with Crippen LogP contribution in [0.5, 0.6) is 5.75 Å². The number of hydrogen-bond acceptors (Lipinski definition) is 12. The van der Waals surface area contributed by atoms with Gasteiger partial charge in [0.05, 0.1) is 22.8 Å². The van der Waals surface area contributed by atoms with Crippen molar-refractivity contribution in [1.29, 1.82) is 0 Å². The molecule has 7 rings (SSSR count). The summed E-state index contributed by atoms with van der Waals surface area (Å²) in [6.07, 6.45) is 7.29. The van der Waals surface area contributed by atoms with Crippen molar-refractivity contribution in [1.82, 2.24) is 30.2 Å². The minimum absolute atomic E-state index is 0.0143. The average Bonchev–Trinajstić information content (AvgIpc) is 3.58. The maximum absolute atomic E-state index is 13.9. The number of aromatic nitrogens is 2. The molecule has 17 nitrogen and oxygen atoms in total. The Morgan fingerprint density at radius 2 is 1.58 bits per heavy atom. The fourth-order valence-corrected chi connectivity index (χ4v) is 9.59. The van der Waals surface area contributed by atoms with Gasteiger partial charge in [-0.05, 0) is 87.2 Å². The minimum atomic E-state index is -1.01. The lowest BCUT2D eigenvalue weighted by Crippen LogP contribution is -2.59. The number of nitrogens with one attached hydrogen (secondary N) is 3. The number of nitrogen functional groups attached to an aromatic ring is 1. The van der Waals surface area contributed by atoms with E-state index in [4.69, 9.17) is 33.7 Å². The van der Waals surface area contributed by atoms with Crippen LogP contribution in [-0.4, -0.2) is 111 Å². The minimum Gasteiger partial charge on any atom is -0.489 e. The number of hydrogen-bond donors (Lipinski definition) is 4. The summed E-state index contributed by atoms with van der Waals surface area (Å²) in [6, 6.07) is 14.0. The van der Waals surface area contributed by atoms with Gasteiger partial charge in [0.15, 0.2) is 17.3 Å². The number of fused-ring (bicyclic) bond motifs is 1. The van der Waals surface area contributed by atoms with Crippen LogP contribution in [0.25, 0.3) is 0 Å². The van der Waals surface area contributed by atoms with Crippen molar-refractivity contribution in [2.24, 2.45) is 0 Å². The quantitative estimate of drug-likeness (QED) is 0.0420. The maximum atomic E-state index is 13.9. The Balaban J connectivity index is 0.780. The predicted molar refractivity (Wildman–Crippen MR) is 257 cm³/mol. The van der Waals surface area contributed by atoms with Gasteiger partial charge in [0.1, 0.15) is 11.9 Å². The molecule has 364 valence electrons. The largest absolute Gasteiger partial charge is 0.489 e. The van der Waals surface area contributed by atoms with Gasteiger partial charge < -0.3 is 30.9 Å². The van der Waals surface area contributed by atoms with E-state index >= 15 is 0 Å². The summed E-state index contributed by atoms with van der Waals surface area (Å²) in [5.41, 5.74) is 8.10. The smallest absolute Gasteiger partial charge is 0.276 e. The van der Waals surface area contributed by atoms with Gasteiger partial charge in [0.25, 0.3) is 23.6 Å². The highest BCUT2D eigenvalue weighted by atomic mass is 35.5. The van der Waals surface area contributed by atoms with Crippen molar-refractivity contribution in [3.05, 3.63) is 104 Å². The summed E-state index contributed by atoms with van der Waals surface area (Å²) in [5.74, 6) is -3.40. The highest BCUT2D eigenvalue weighted by Gasteiger charge is 2.45. The number of anilines is 3. The van der Waals surface area contributed by atoms with Crippen molar-refractivity contribution < 1.29 is 42.7 Å². The molecular weight excluding hydrogens is 932 g/mol. The van der Waals surface area contributed by atoms with E-state index in [9.17, 15) is 38.0 Å². The molecule has 3 aromatic carbocycles. The van der Waals surface area contributed by atoms with Crippen LogP contribution in [0.4, 0.5) is 21.6 Å². The number of imide groups is 2. The van der Waals surface area contributed by atoms with Gasteiger partial charge in [-0.3, -0.25) is 43.8 Å². The second-order valence-electron chi connectivity index (χ2n) is 17.5. The number of amides is 7. The fourth-order valence-electron chi connectivity index (χ4n) is 9.03. The van der Waals surface area contributed by atoms with E-state index in [1.165, 1.54) is 18.2 Å². The summed E-state index contributed by atoms with van der Waals surface area (Å²) >= 11 is 12.2. The Labute approximate surface area is 408 Å². The third-order valence-electron chi connectivity index (χ3n) is 12.5. The molecule has 20 heteroatoms. The number of benzene rings is 3. The molecule has 2 fully saturated rings. The number of ether oxygens (including phenoxy) is 1. The van der Waals surface area contributed by atoms with Crippen LogP contribution in [0, 0.1) is 5.82 Å². The molecule has 0 spiro atoms. The topological polar surface area (TPSA) is 226 Å². The Morgan fingerprint density at radius 1 is 0.884 bits per heavy atom. The molecule has 3 atom stereocenters. The van der Waals surface area contributed by atoms with Crippen LogP contribution in [0.1, 0.15) is 125 Å². The molecule has 3 aliphatic heterocycles. The number of halogens is 3. The average molecular weight is 987 g/mol. The number of piperidine rings is 1. The second-order valence-corrected chi connectivity index (χ2v) is 18.3. The van der Waals surface area contributed by atoms with Crippen molar-refractivity contribution >= 4 is 81.7 Å². The number of nitrogens with two attached hydrogens (primary N) is 1. The highest BCUT2D eigenvalue weighted by Crippen LogP contribution is 2.33. The van der Waals surface area contributed by atoms with Crippen molar-refractivity contribution in [2.45, 2.75) is 103 Å². The van der Waals surface area contributed by atoms with Gasteiger partial charge in [-0.2, -0.15) is 0 Å². The molecular formula is C49H54Cl2FN9O8. The van der Waals surface area contributed by atoms with E-state index in [-0.39, 0.29) is 88.2 Å². The molecule has 3 aliphatic rings. The number of nitrogens with zero attached hydrogens (tertiary/aromatic N) is 5. The lowest BCUT2D eigenvalue weighted by atomic mass is 10.0. The molecule has 5 N–H and O–H groups in total. The molecule has 7 amide bonds. The van der Waals surface area contributed by atoms with Crippen LogP contribution in [0.3, 0.4) is 0 Å². The van der Waals surface area contributed by atoms with Gasteiger partial charge in [-0.25, -0.2) is 4.39 Å². The Kier molecular flexibility index (Phi) is 16.5. The third kappa shape index (κ3) is 11.8. The lowest BCUT2D eigenvalue weighted by Gasteiger charge is -2.44. The maximum Gasteiger partial charge on any atom is 0.276 e. The predicted octanol–water partition coefficient (Wildman–Crippen LogP) is 7.07. The zero-order chi connectivity index (χ0) is 49.4. The van der Waals surface area contributed by atoms with Gasteiger partial charge in [0, 0.05) is 79.0 Å². The van der Waals surface area contributed by atoms with Crippen LogP contribution in [-0.2, 0) is 20.8 Å².